The van der Waals surface area contributed by atoms with E-state index in [4.69, 9.17) is 30.5 Å². The maximum absolute atomic E-state index is 12.6. The SMILES string of the molecule is COc1cc(OC)c2c(=O)cc(C(=O)NCCCCCCCCCCNc3c4c(nc5cc(Cl)ccc35)CCCC4)oc2c1.Cl. The molecule has 2 aromatic heterocycles. The molecule has 0 atom stereocenters. The highest BCUT2D eigenvalue weighted by Crippen LogP contribution is 2.34. The lowest BCUT2D eigenvalue weighted by molar-refractivity contribution is 0.0925. The van der Waals surface area contributed by atoms with Crippen molar-refractivity contribution in [1.82, 2.24) is 10.3 Å². The normalized spacial score (nSPS) is 12.4. The molecule has 0 fully saturated rings. The largest absolute Gasteiger partial charge is 0.496 e. The number of carbonyl (C=O) groups is 1. The molecule has 0 radical (unpaired) electrons. The van der Waals surface area contributed by atoms with Crippen LogP contribution in [0.3, 0.4) is 0 Å². The van der Waals surface area contributed by atoms with E-state index < -0.39 is 5.91 Å². The maximum Gasteiger partial charge on any atom is 0.287 e. The summed E-state index contributed by atoms with van der Waals surface area (Å²) in [5.74, 6) is 0.409. The molecule has 0 aliphatic heterocycles. The number of amides is 1. The molecule has 10 heteroatoms. The molecular weight excluding hydrogens is 613 g/mol. The quantitative estimate of drug-likeness (QED) is 0.124. The lowest BCUT2D eigenvalue weighted by atomic mass is 9.92. The molecule has 0 unspecified atom stereocenters. The lowest BCUT2D eigenvalue weighted by Gasteiger charge is -2.22. The van der Waals surface area contributed by atoms with Gasteiger partial charge in [0.1, 0.15) is 22.5 Å². The van der Waals surface area contributed by atoms with Crippen molar-refractivity contribution < 1.29 is 18.7 Å². The van der Waals surface area contributed by atoms with Gasteiger partial charge in [-0.3, -0.25) is 14.6 Å². The zero-order valence-electron chi connectivity index (χ0n) is 26.1. The number of nitrogens with one attached hydrogen (secondary N) is 2. The molecule has 2 aromatic carbocycles. The van der Waals surface area contributed by atoms with Crippen LogP contribution in [0.4, 0.5) is 5.69 Å². The third-order valence-electron chi connectivity index (χ3n) is 8.36. The van der Waals surface area contributed by atoms with Crippen LogP contribution >= 0.6 is 24.0 Å². The van der Waals surface area contributed by atoms with E-state index in [0.29, 0.717) is 18.0 Å². The Morgan fingerprint density at radius 2 is 1.62 bits per heavy atom. The van der Waals surface area contributed by atoms with Crippen LogP contribution in [-0.2, 0) is 12.8 Å². The van der Waals surface area contributed by atoms with Gasteiger partial charge in [-0.25, -0.2) is 0 Å². The second-order valence-corrected chi connectivity index (χ2v) is 11.9. The molecule has 1 aliphatic carbocycles. The summed E-state index contributed by atoms with van der Waals surface area (Å²) in [5.41, 5.74) is 4.80. The average Bonchev–Trinajstić information content (AvgIpc) is 3.03. The number of methoxy groups -OCH3 is 2. The van der Waals surface area contributed by atoms with Crippen molar-refractivity contribution >= 4 is 57.5 Å². The molecule has 242 valence electrons. The van der Waals surface area contributed by atoms with Crippen LogP contribution in [0.15, 0.2) is 45.6 Å². The average molecular weight is 657 g/mol. The van der Waals surface area contributed by atoms with Crippen molar-refractivity contribution in [2.75, 3.05) is 32.6 Å². The standard InChI is InChI=1S/C35H42ClN3O5.ClH/c1-42-24-20-30(43-2)33-29(40)22-32(44-31(33)21-24)35(41)38-18-12-8-6-4-3-5-7-11-17-37-34-25-13-9-10-14-27(25)39-28-19-23(36)15-16-26(28)34;/h15-16,19-22H,3-14,17-18H2,1-2H3,(H,37,39)(H,38,41);1H. The summed E-state index contributed by atoms with van der Waals surface area (Å²) in [5, 5.41) is 8.81. The minimum absolute atomic E-state index is 0. The predicted molar refractivity (Wildman–Crippen MR) is 184 cm³/mol. The first kappa shape index (κ1) is 34.4. The van der Waals surface area contributed by atoms with Gasteiger partial charge in [0.2, 0.25) is 0 Å². The third-order valence-corrected chi connectivity index (χ3v) is 8.60. The van der Waals surface area contributed by atoms with Crippen molar-refractivity contribution in [2.45, 2.75) is 77.0 Å². The topological polar surface area (TPSA) is 103 Å². The fraction of sp³-hybridized carbons (Fsp3) is 0.457. The molecule has 2 heterocycles. The zero-order valence-corrected chi connectivity index (χ0v) is 27.7. The number of aryl methyl sites for hydroxylation is 1. The number of pyridine rings is 1. The summed E-state index contributed by atoms with van der Waals surface area (Å²) in [6.07, 6.45) is 13.6. The Morgan fingerprint density at radius 3 is 2.36 bits per heavy atom. The van der Waals surface area contributed by atoms with E-state index in [1.165, 1.54) is 81.1 Å². The fourth-order valence-electron chi connectivity index (χ4n) is 6.03. The van der Waals surface area contributed by atoms with Gasteiger partial charge in [0.25, 0.3) is 5.91 Å². The number of rotatable bonds is 15. The van der Waals surface area contributed by atoms with Crippen molar-refractivity contribution in [1.29, 1.82) is 0 Å². The number of benzene rings is 2. The molecule has 1 amide bonds. The van der Waals surface area contributed by atoms with Gasteiger partial charge in [-0.1, -0.05) is 50.1 Å². The monoisotopic (exact) mass is 655 g/mol. The zero-order chi connectivity index (χ0) is 30.9. The highest BCUT2D eigenvalue weighted by atomic mass is 35.5. The first-order valence-electron chi connectivity index (χ1n) is 15.8. The Bertz CT molecular complexity index is 1670. The molecule has 0 saturated carbocycles. The van der Waals surface area contributed by atoms with E-state index in [2.05, 4.69) is 16.7 Å². The van der Waals surface area contributed by atoms with Crippen LogP contribution in [0.5, 0.6) is 11.5 Å². The summed E-state index contributed by atoms with van der Waals surface area (Å²) in [6.45, 7) is 1.50. The van der Waals surface area contributed by atoms with Crippen molar-refractivity contribution in [2.24, 2.45) is 0 Å². The number of ether oxygens (including phenoxy) is 2. The van der Waals surface area contributed by atoms with Gasteiger partial charge in [-0.15, -0.1) is 12.4 Å². The third kappa shape index (κ3) is 8.61. The summed E-state index contributed by atoms with van der Waals surface area (Å²) in [4.78, 5) is 30.2. The molecule has 5 rings (SSSR count). The smallest absolute Gasteiger partial charge is 0.287 e. The van der Waals surface area contributed by atoms with E-state index >= 15 is 0 Å². The van der Waals surface area contributed by atoms with Crippen LogP contribution < -0.4 is 25.5 Å². The number of halogens is 2. The van der Waals surface area contributed by atoms with E-state index in [0.717, 1.165) is 55.6 Å². The molecule has 4 aromatic rings. The van der Waals surface area contributed by atoms with Gasteiger partial charge in [-0.05, 0) is 62.3 Å². The minimum Gasteiger partial charge on any atom is -0.496 e. The van der Waals surface area contributed by atoms with E-state index in [1.807, 2.05) is 12.1 Å². The number of nitrogens with zero attached hydrogens (tertiary/aromatic N) is 1. The molecule has 0 spiro atoms. The number of carbonyl (C=O) groups excluding carboxylic acids is 1. The lowest BCUT2D eigenvalue weighted by Crippen LogP contribution is -2.25. The van der Waals surface area contributed by atoms with E-state index in [-0.39, 0.29) is 34.6 Å². The summed E-state index contributed by atoms with van der Waals surface area (Å²) < 4.78 is 16.3. The van der Waals surface area contributed by atoms with Crippen LogP contribution in [0.1, 0.15) is 86.0 Å². The number of fused-ring (bicyclic) bond motifs is 3. The number of hydrogen-bond acceptors (Lipinski definition) is 7. The van der Waals surface area contributed by atoms with Crippen LogP contribution in [0.2, 0.25) is 5.02 Å². The van der Waals surface area contributed by atoms with Gasteiger partial charge in [0.15, 0.2) is 11.2 Å². The Kier molecular flexibility index (Phi) is 12.8. The Hall–Kier alpha value is -3.49. The predicted octanol–water partition coefficient (Wildman–Crippen LogP) is 8.28. The number of aromatic nitrogens is 1. The van der Waals surface area contributed by atoms with Crippen molar-refractivity contribution in [3.05, 3.63) is 68.7 Å². The second-order valence-electron chi connectivity index (χ2n) is 11.5. The van der Waals surface area contributed by atoms with Gasteiger partial charge in [-0.2, -0.15) is 0 Å². The maximum atomic E-state index is 12.6. The van der Waals surface area contributed by atoms with Gasteiger partial charge < -0.3 is 24.5 Å². The summed E-state index contributed by atoms with van der Waals surface area (Å²) >= 11 is 6.25. The summed E-state index contributed by atoms with van der Waals surface area (Å²) in [7, 11) is 2.99. The molecule has 8 nitrogen and oxygen atoms in total. The molecular formula is C35H43Cl2N3O5. The highest BCUT2D eigenvalue weighted by molar-refractivity contribution is 6.31. The Morgan fingerprint density at radius 1 is 0.911 bits per heavy atom. The number of unbranched alkanes of at least 4 members (excludes halogenated alkanes) is 7. The van der Waals surface area contributed by atoms with E-state index in [1.54, 1.807) is 12.1 Å². The fourth-order valence-corrected chi connectivity index (χ4v) is 6.20. The van der Waals surface area contributed by atoms with E-state index in [9.17, 15) is 9.59 Å². The first-order valence-corrected chi connectivity index (χ1v) is 16.2. The molecule has 2 N–H and O–H groups in total. The number of hydrogen-bond donors (Lipinski definition) is 2. The Labute approximate surface area is 275 Å². The first-order chi connectivity index (χ1) is 21.5. The van der Waals surface area contributed by atoms with Gasteiger partial charge >= 0.3 is 0 Å². The van der Waals surface area contributed by atoms with Crippen LogP contribution in [0, 0.1) is 0 Å². The van der Waals surface area contributed by atoms with Crippen LogP contribution in [-0.4, -0.2) is 38.2 Å². The van der Waals surface area contributed by atoms with Gasteiger partial charge in [0, 0.05) is 53.1 Å². The van der Waals surface area contributed by atoms with Gasteiger partial charge in [0.05, 0.1) is 19.7 Å². The molecule has 45 heavy (non-hydrogen) atoms. The second kappa shape index (κ2) is 16.7. The van der Waals surface area contributed by atoms with Crippen molar-refractivity contribution in [3.63, 3.8) is 0 Å². The molecule has 0 saturated heterocycles. The molecule has 0 bridgehead atoms. The van der Waals surface area contributed by atoms with Crippen molar-refractivity contribution in [3.8, 4) is 11.5 Å². The minimum atomic E-state index is -0.400. The molecule has 1 aliphatic rings. The summed E-state index contributed by atoms with van der Waals surface area (Å²) in [6, 6.07) is 10.4. The highest BCUT2D eigenvalue weighted by Gasteiger charge is 2.19. The van der Waals surface area contributed by atoms with Crippen LogP contribution in [0.25, 0.3) is 21.9 Å². The number of anilines is 1. The Balaban J connectivity index is 0.00000461.